The van der Waals surface area contributed by atoms with Crippen LogP contribution in [0.2, 0.25) is 0 Å². The van der Waals surface area contributed by atoms with Gasteiger partial charge in [-0.15, -0.1) is 0 Å². The quantitative estimate of drug-likeness (QED) is 0.742. The molecule has 0 aliphatic carbocycles. The summed E-state index contributed by atoms with van der Waals surface area (Å²) in [5, 5.41) is 0. The van der Waals surface area contributed by atoms with Crippen molar-refractivity contribution >= 4 is 10.1 Å². The molecular weight excluding hydrogens is 228 g/mol. The minimum atomic E-state index is -3.41. The Hall–Kier alpha value is -0.910. The van der Waals surface area contributed by atoms with Crippen LogP contribution in [0, 0.1) is 0 Å². The fourth-order valence-electron chi connectivity index (χ4n) is 1.36. The topological polar surface area (TPSA) is 52.6 Å². The zero-order chi connectivity index (χ0) is 12.2. The second-order valence-corrected chi connectivity index (χ2v) is 5.19. The van der Waals surface area contributed by atoms with E-state index >= 15 is 0 Å². The molecule has 0 radical (unpaired) electrons. The second kappa shape index (κ2) is 5.43. The first-order chi connectivity index (χ1) is 7.44. The summed E-state index contributed by atoms with van der Waals surface area (Å²) in [7, 11) is -1.80. The molecule has 16 heavy (non-hydrogen) atoms. The Kier molecular flexibility index (Phi) is 4.46. The molecule has 0 bridgehead atoms. The van der Waals surface area contributed by atoms with E-state index in [1.165, 1.54) is 0 Å². The molecule has 90 valence electrons. The van der Waals surface area contributed by atoms with Crippen molar-refractivity contribution in [1.29, 1.82) is 0 Å². The Morgan fingerprint density at radius 3 is 2.50 bits per heavy atom. The van der Waals surface area contributed by atoms with Gasteiger partial charge in [-0.05, 0) is 18.1 Å². The van der Waals surface area contributed by atoms with E-state index < -0.39 is 10.1 Å². The minimum absolute atomic E-state index is 0.0444. The fraction of sp³-hybridized carbons (Fsp3) is 0.455. The lowest BCUT2D eigenvalue weighted by atomic mass is 10.0. The molecule has 1 aromatic rings. The van der Waals surface area contributed by atoms with Crippen molar-refractivity contribution < 1.29 is 17.3 Å². The average molecular weight is 244 g/mol. The zero-order valence-corrected chi connectivity index (χ0v) is 10.5. The number of rotatable bonds is 5. The molecule has 1 unspecified atom stereocenters. The number of methoxy groups -OCH3 is 1. The molecular formula is C11H16O4S. The van der Waals surface area contributed by atoms with Gasteiger partial charge in [-0.2, -0.15) is 8.42 Å². The summed E-state index contributed by atoms with van der Waals surface area (Å²) in [6.07, 6.45) is 0.953. The molecule has 0 spiro atoms. The lowest BCUT2D eigenvalue weighted by Gasteiger charge is -2.14. The Morgan fingerprint density at radius 2 is 1.94 bits per heavy atom. The van der Waals surface area contributed by atoms with Gasteiger partial charge in [0.25, 0.3) is 10.1 Å². The first kappa shape index (κ1) is 13.2. The Labute approximate surface area is 96.3 Å². The van der Waals surface area contributed by atoms with Gasteiger partial charge in [0.15, 0.2) is 0 Å². The summed E-state index contributed by atoms with van der Waals surface area (Å²) in [6, 6.07) is 7.45. The van der Waals surface area contributed by atoms with E-state index in [9.17, 15) is 8.42 Å². The maximum Gasteiger partial charge on any atom is 0.264 e. The molecule has 1 aromatic carbocycles. The Balaban J connectivity index is 2.87. The van der Waals surface area contributed by atoms with E-state index in [2.05, 4.69) is 0 Å². The highest BCUT2D eigenvalue weighted by molar-refractivity contribution is 7.85. The molecule has 0 aliphatic heterocycles. The van der Waals surface area contributed by atoms with Crippen LogP contribution < -0.4 is 0 Å². The molecule has 0 heterocycles. The van der Waals surface area contributed by atoms with Gasteiger partial charge in [0.1, 0.15) is 0 Å². The molecule has 0 aliphatic rings. The SMILES string of the molecule is COC(C)c1ccccc1COS(C)(=O)=O. The largest absolute Gasteiger partial charge is 0.377 e. The van der Waals surface area contributed by atoms with Gasteiger partial charge in [-0.3, -0.25) is 4.18 Å². The summed E-state index contributed by atoms with van der Waals surface area (Å²) >= 11 is 0. The van der Waals surface area contributed by atoms with Crippen LogP contribution in [0.4, 0.5) is 0 Å². The highest BCUT2D eigenvalue weighted by Gasteiger charge is 2.11. The lowest BCUT2D eigenvalue weighted by Crippen LogP contribution is -2.06. The third-order valence-corrected chi connectivity index (χ3v) is 2.82. The molecule has 5 heteroatoms. The molecule has 0 saturated carbocycles. The van der Waals surface area contributed by atoms with E-state index in [-0.39, 0.29) is 12.7 Å². The second-order valence-electron chi connectivity index (χ2n) is 3.54. The van der Waals surface area contributed by atoms with Crippen molar-refractivity contribution in [3.8, 4) is 0 Å². The number of hydrogen-bond acceptors (Lipinski definition) is 4. The third kappa shape index (κ3) is 3.92. The van der Waals surface area contributed by atoms with Crippen LogP contribution in [0.15, 0.2) is 24.3 Å². The van der Waals surface area contributed by atoms with Crippen LogP contribution in [-0.4, -0.2) is 21.8 Å². The molecule has 0 amide bonds. The first-order valence-corrected chi connectivity index (χ1v) is 6.70. The highest BCUT2D eigenvalue weighted by atomic mass is 32.2. The fourth-order valence-corrected chi connectivity index (χ4v) is 1.70. The van der Waals surface area contributed by atoms with E-state index in [4.69, 9.17) is 8.92 Å². The predicted octanol–water partition coefficient (Wildman–Crippen LogP) is 1.87. The predicted molar refractivity (Wildman–Crippen MR) is 61.5 cm³/mol. The molecule has 0 aromatic heterocycles. The maximum absolute atomic E-state index is 10.9. The van der Waals surface area contributed by atoms with Gasteiger partial charge in [0, 0.05) is 7.11 Å². The molecule has 4 nitrogen and oxygen atoms in total. The van der Waals surface area contributed by atoms with Gasteiger partial charge >= 0.3 is 0 Å². The normalized spacial score (nSPS) is 13.7. The van der Waals surface area contributed by atoms with E-state index in [1.807, 2.05) is 31.2 Å². The summed E-state index contributed by atoms with van der Waals surface area (Å²) in [6.45, 7) is 1.95. The molecule has 0 N–H and O–H groups in total. The van der Waals surface area contributed by atoms with Crippen LogP contribution in [0.5, 0.6) is 0 Å². The Bertz CT molecular complexity index is 439. The highest BCUT2D eigenvalue weighted by Crippen LogP contribution is 2.21. The molecule has 1 atom stereocenters. The molecule has 0 saturated heterocycles. The van der Waals surface area contributed by atoms with Crippen LogP contribution in [-0.2, 0) is 25.6 Å². The van der Waals surface area contributed by atoms with Gasteiger partial charge in [-0.25, -0.2) is 0 Å². The van der Waals surface area contributed by atoms with Crippen LogP contribution in [0.25, 0.3) is 0 Å². The van der Waals surface area contributed by atoms with Crippen molar-refractivity contribution in [3.05, 3.63) is 35.4 Å². The minimum Gasteiger partial charge on any atom is -0.377 e. The standard InChI is InChI=1S/C11H16O4S/c1-9(14-2)11-7-5-4-6-10(11)8-15-16(3,12)13/h4-7,9H,8H2,1-3H3. The summed E-state index contributed by atoms with van der Waals surface area (Å²) in [4.78, 5) is 0. The summed E-state index contributed by atoms with van der Waals surface area (Å²) < 4.78 is 31.8. The lowest BCUT2D eigenvalue weighted by molar-refractivity contribution is 0.117. The first-order valence-electron chi connectivity index (χ1n) is 4.89. The van der Waals surface area contributed by atoms with E-state index in [0.717, 1.165) is 17.4 Å². The van der Waals surface area contributed by atoms with Crippen LogP contribution in [0.1, 0.15) is 24.2 Å². The summed E-state index contributed by atoms with van der Waals surface area (Å²) in [5.41, 5.74) is 1.76. The number of hydrogen-bond donors (Lipinski definition) is 0. The zero-order valence-electron chi connectivity index (χ0n) is 9.64. The van der Waals surface area contributed by atoms with Crippen LogP contribution in [0.3, 0.4) is 0 Å². The maximum atomic E-state index is 10.9. The summed E-state index contributed by atoms with van der Waals surface area (Å²) in [5.74, 6) is 0. The number of benzene rings is 1. The van der Waals surface area contributed by atoms with Gasteiger partial charge in [0.05, 0.1) is 19.0 Å². The van der Waals surface area contributed by atoms with E-state index in [0.29, 0.717) is 0 Å². The third-order valence-electron chi connectivity index (χ3n) is 2.28. The smallest absolute Gasteiger partial charge is 0.264 e. The average Bonchev–Trinajstić information content (AvgIpc) is 2.25. The monoisotopic (exact) mass is 244 g/mol. The van der Waals surface area contributed by atoms with Crippen molar-refractivity contribution in [2.75, 3.05) is 13.4 Å². The van der Waals surface area contributed by atoms with Crippen molar-refractivity contribution in [3.63, 3.8) is 0 Å². The van der Waals surface area contributed by atoms with Crippen molar-refractivity contribution in [1.82, 2.24) is 0 Å². The van der Waals surface area contributed by atoms with Crippen LogP contribution >= 0.6 is 0 Å². The Morgan fingerprint density at radius 1 is 1.31 bits per heavy atom. The van der Waals surface area contributed by atoms with Crippen molar-refractivity contribution in [2.24, 2.45) is 0 Å². The molecule has 1 rings (SSSR count). The molecule has 0 fully saturated rings. The van der Waals surface area contributed by atoms with Crippen molar-refractivity contribution in [2.45, 2.75) is 19.6 Å². The van der Waals surface area contributed by atoms with Gasteiger partial charge in [-0.1, -0.05) is 24.3 Å². The van der Waals surface area contributed by atoms with Gasteiger partial charge in [0.2, 0.25) is 0 Å². The van der Waals surface area contributed by atoms with E-state index in [1.54, 1.807) is 7.11 Å². The number of ether oxygens (including phenoxy) is 1. The van der Waals surface area contributed by atoms with Gasteiger partial charge < -0.3 is 4.74 Å².